The molecule has 1 unspecified atom stereocenters. The summed E-state index contributed by atoms with van der Waals surface area (Å²) in [5.41, 5.74) is 1.05. The van der Waals surface area contributed by atoms with Gasteiger partial charge in [-0.25, -0.2) is 4.79 Å². The van der Waals surface area contributed by atoms with Gasteiger partial charge in [-0.2, -0.15) is 0 Å². The van der Waals surface area contributed by atoms with Crippen LogP contribution < -0.4 is 0 Å². The summed E-state index contributed by atoms with van der Waals surface area (Å²) in [4.78, 5) is 27.9. The summed E-state index contributed by atoms with van der Waals surface area (Å²) in [6, 6.07) is 15.6. The van der Waals surface area contributed by atoms with E-state index in [4.69, 9.17) is 14.2 Å². The number of nitrogens with zero attached hydrogens (tertiary/aromatic N) is 1. The van der Waals surface area contributed by atoms with Crippen LogP contribution in [0, 0.1) is 0 Å². The Balaban J connectivity index is 1.26. The topological polar surface area (TPSA) is 88.6 Å². The molecule has 6 atom stereocenters. The zero-order chi connectivity index (χ0) is 21.5. The molecule has 0 aromatic heterocycles. The van der Waals surface area contributed by atoms with Crippen molar-refractivity contribution in [1.82, 2.24) is 4.90 Å². The highest BCUT2D eigenvalue weighted by molar-refractivity contribution is 5.90. The highest BCUT2D eigenvalue weighted by atomic mass is 16.6. The standard InChI is InChI=1S/C24H25NO6/c1-25-19-11-17(12-20(25)22-21(19)31-22)30-24(28)18(14-5-3-2-4-6-14)13-29-23(27)15-7-9-16(26)10-8-15/h2-10,17-22,26H,11-13H2,1H3/t17?,18-,19-,20+,21-,22+/m1/s1. The maximum atomic E-state index is 13.1. The lowest BCUT2D eigenvalue weighted by atomic mass is 9.97. The Morgan fingerprint density at radius 1 is 1.06 bits per heavy atom. The predicted octanol–water partition coefficient (Wildman–Crippen LogP) is 2.49. The monoisotopic (exact) mass is 423 g/mol. The van der Waals surface area contributed by atoms with Crippen LogP contribution in [-0.2, 0) is 19.0 Å². The number of piperidine rings is 1. The van der Waals surface area contributed by atoms with Gasteiger partial charge in [-0.1, -0.05) is 30.3 Å². The summed E-state index contributed by atoms with van der Waals surface area (Å²) in [6.45, 7) is -0.115. The molecule has 7 nitrogen and oxygen atoms in total. The number of phenolic OH excluding ortho intramolecular Hbond substituents is 1. The van der Waals surface area contributed by atoms with Crippen LogP contribution in [0.1, 0.15) is 34.7 Å². The molecular weight excluding hydrogens is 398 g/mol. The van der Waals surface area contributed by atoms with Crippen molar-refractivity contribution in [2.45, 2.75) is 49.2 Å². The van der Waals surface area contributed by atoms with Crippen molar-refractivity contribution < 1.29 is 28.9 Å². The van der Waals surface area contributed by atoms with E-state index in [0.717, 1.165) is 18.4 Å². The van der Waals surface area contributed by atoms with Gasteiger partial charge in [0.15, 0.2) is 0 Å². The molecule has 0 aliphatic carbocycles. The number of likely N-dealkylation sites (N-methyl/N-ethyl adjacent to an activating group) is 1. The Morgan fingerprint density at radius 2 is 1.71 bits per heavy atom. The van der Waals surface area contributed by atoms with E-state index < -0.39 is 11.9 Å². The molecule has 2 aromatic rings. The lowest BCUT2D eigenvalue weighted by Gasteiger charge is -2.38. The van der Waals surface area contributed by atoms with Gasteiger partial charge in [-0.15, -0.1) is 0 Å². The molecule has 2 aromatic carbocycles. The average Bonchev–Trinajstić information content (AvgIpc) is 3.53. The van der Waals surface area contributed by atoms with Crippen LogP contribution in [0.2, 0.25) is 0 Å². The van der Waals surface area contributed by atoms with Gasteiger partial charge in [0.25, 0.3) is 0 Å². The Hall–Kier alpha value is -2.90. The van der Waals surface area contributed by atoms with E-state index in [1.54, 1.807) is 0 Å². The highest BCUT2D eigenvalue weighted by Crippen LogP contribution is 2.48. The van der Waals surface area contributed by atoms with E-state index in [1.165, 1.54) is 24.3 Å². The second-order valence-electron chi connectivity index (χ2n) is 8.50. The molecule has 5 rings (SSSR count). The molecule has 3 aliphatic heterocycles. The normalized spacial score (nSPS) is 29.6. The number of carbonyl (C=O) groups excluding carboxylic acids is 2. The maximum absolute atomic E-state index is 13.1. The number of phenols is 1. The van der Waals surface area contributed by atoms with Crippen LogP contribution in [0.3, 0.4) is 0 Å². The molecule has 3 heterocycles. The zero-order valence-corrected chi connectivity index (χ0v) is 17.2. The molecule has 3 fully saturated rings. The van der Waals surface area contributed by atoms with Crippen LogP contribution in [0.5, 0.6) is 5.75 Å². The zero-order valence-electron chi connectivity index (χ0n) is 17.2. The Morgan fingerprint density at radius 3 is 2.35 bits per heavy atom. The minimum absolute atomic E-state index is 0.0671. The molecule has 3 aliphatic rings. The fraction of sp³-hybridized carbons (Fsp3) is 0.417. The summed E-state index contributed by atoms with van der Waals surface area (Å²) in [5, 5.41) is 9.39. The van der Waals surface area contributed by atoms with E-state index in [2.05, 4.69) is 11.9 Å². The first-order valence-corrected chi connectivity index (χ1v) is 10.6. The SMILES string of the molecule is CN1[C@@H]2CC(OC(=O)[C@H](COC(=O)c3ccc(O)cc3)c3ccccc3)C[C@H]1[C@@H]1O[C@@H]12. The van der Waals surface area contributed by atoms with E-state index in [-0.39, 0.29) is 36.6 Å². The quantitative estimate of drug-likeness (QED) is 0.564. The van der Waals surface area contributed by atoms with Crippen molar-refractivity contribution in [1.29, 1.82) is 0 Å². The number of hydrogen-bond acceptors (Lipinski definition) is 7. The van der Waals surface area contributed by atoms with Crippen molar-refractivity contribution in [3.8, 4) is 5.75 Å². The van der Waals surface area contributed by atoms with Gasteiger partial charge < -0.3 is 19.3 Å². The van der Waals surface area contributed by atoms with Gasteiger partial charge in [-0.05, 0) is 36.9 Å². The van der Waals surface area contributed by atoms with Crippen LogP contribution >= 0.6 is 0 Å². The number of ether oxygens (including phenoxy) is 3. The molecule has 0 saturated carbocycles. The first-order chi connectivity index (χ1) is 15.0. The first kappa shape index (κ1) is 20.0. The number of epoxide rings is 1. The predicted molar refractivity (Wildman–Crippen MR) is 111 cm³/mol. The number of esters is 2. The molecule has 2 bridgehead atoms. The molecule has 0 radical (unpaired) electrons. The van der Waals surface area contributed by atoms with E-state index in [9.17, 15) is 14.7 Å². The molecule has 7 heteroatoms. The lowest BCUT2D eigenvalue weighted by molar-refractivity contribution is -0.156. The van der Waals surface area contributed by atoms with E-state index in [1.807, 2.05) is 30.3 Å². The minimum atomic E-state index is -0.703. The van der Waals surface area contributed by atoms with Crippen molar-refractivity contribution in [2.24, 2.45) is 0 Å². The number of rotatable bonds is 6. The summed E-state index contributed by atoms with van der Waals surface area (Å²) in [6.07, 6.45) is 1.91. The number of hydrogen-bond donors (Lipinski definition) is 1. The van der Waals surface area contributed by atoms with E-state index in [0.29, 0.717) is 17.6 Å². The van der Waals surface area contributed by atoms with E-state index >= 15 is 0 Å². The summed E-state index contributed by atoms with van der Waals surface area (Å²) < 4.78 is 17.1. The third-order valence-corrected chi connectivity index (χ3v) is 6.63. The molecule has 3 saturated heterocycles. The highest BCUT2D eigenvalue weighted by Gasteiger charge is 2.62. The lowest BCUT2D eigenvalue weighted by Crippen LogP contribution is -2.48. The van der Waals surface area contributed by atoms with Crippen molar-refractivity contribution in [2.75, 3.05) is 13.7 Å². The smallest absolute Gasteiger partial charge is 0.338 e. The van der Waals surface area contributed by atoms with Gasteiger partial charge in [0.1, 0.15) is 36.6 Å². The Labute approximate surface area is 180 Å². The van der Waals surface area contributed by atoms with Gasteiger partial charge >= 0.3 is 11.9 Å². The summed E-state index contributed by atoms with van der Waals surface area (Å²) >= 11 is 0. The largest absolute Gasteiger partial charge is 0.508 e. The number of carbonyl (C=O) groups is 2. The van der Waals surface area contributed by atoms with Crippen LogP contribution in [0.25, 0.3) is 0 Å². The maximum Gasteiger partial charge on any atom is 0.338 e. The van der Waals surface area contributed by atoms with Crippen LogP contribution in [0.4, 0.5) is 0 Å². The Bertz CT molecular complexity index is 944. The second-order valence-corrected chi connectivity index (χ2v) is 8.50. The number of morpholine rings is 1. The second kappa shape index (κ2) is 7.98. The number of fused-ring (bicyclic) bond motifs is 5. The summed E-state index contributed by atoms with van der Waals surface area (Å²) in [7, 11) is 2.11. The fourth-order valence-corrected chi connectivity index (χ4v) is 4.87. The van der Waals surface area contributed by atoms with Crippen molar-refractivity contribution in [3.05, 3.63) is 65.7 Å². The molecule has 1 N–H and O–H groups in total. The molecular formula is C24H25NO6. The number of benzene rings is 2. The Kier molecular flexibility index (Phi) is 5.16. The first-order valence-electron chi connectivity index (χ1n) is 10.6. The third-order valence-electron chi connectivity index (χ3n) is 6.63. The third kappa shape index (κ3) is 3.91. The van der Waals surface area contributed by atoms with Crippen molar-refractivity contribution >= 4 is 11.9 Å². The average molecular weight is 423 g/mol. The minimum Gasteiger partial charge on any atom is -0.508 e. The van der Waals surface area contributed by atoms with Crippen LogP contribution in [0.15, 0.2) is 54.6 Å². The van der Waals surface area contributed by atoms with Crippen molar-refractivity contribution in [3.63, 3.8) is 0 Å². The number of aromatic hydroxyl groups is 1. The molecule has 0 amide bonds. The molecule has 162 valence electrons. The van der Waals surface area contributed by atoms with Gasteiger partial charge in [0, 0.05) is 24.9 Å². The fourth-order valence-electron chi connectivity index (χ4n) is 4.87. The van der Waals surface area contributed by atoms with Gasteiger partial charge in [0.2, 0.25) is 0 Å². The molecule has 0 spiro atoms. The van der Waals surface area contributed by atoms with Gasteiger partial charge in [0.05, 0.1) is 5.56 Å². The van der Waals surface area contributed by atoms with Gasteiger partial charge in [-0.3, -0.25) is 9.69 Å². The van der Waals surface area contributed by atoms with Crippen LogP contribution in [-0.4, -0.2) is 66.0 Å². The summed E-state index contributed by atoms with van der Waals surface area (Å²) in [5.74, 6) is -1.57. The molecule has 31 heavy (non-hydrogen) atoms.